The minimum Gasteiger partial charge on any atom is -0.379 e. The fraction of sp³-hybridized carbons (Fsp3) is 0.357. The summed E-state index contributed by atoms with van der Waals surface area (Å²) in [5, 5.41) is 0. The number of Topliss-reactive ketones (excluding diaryl/α,β-unsaturated/α-hetero) is 1. The van der Waals surface area contributed by atoms with E-state index in [2.05, 4.69) is 10.8 Å². The molecule has 0 atom stereocenters. The second-order valence-corrected chi connectivity index (χ2v) is 6.29. The fourth-order valence-electron chi connectivity index (χ4n) is 1.83. The van der Waals surface area contributed by atoms with Crippen molar-refractivity contribution in [1.82, 2.24) is 0 Å². The molecule has 0 aliphatic heterocycles. The Morgan fingerprint density at radius 2 is 1.77 bits per heavy atom. The smallest absolute Gasteiger partial charge is 0.306 e. The third kappa shape index (κ3) is 4.33. The zero-order valence-electron chi connectivity index (χ0n) is 12.1. The number of hydrogen-bond donors (Lipinski definition) is 0. The highest BCUT2D eigenvalue weighted by Crippen LogP contribution is 2.33. The maximum Gasteiger partial charge on any atom is 0.306 e. The second-order valence-electron chi connectivity index (χ2n) is 4.71. The van der Waals surface area contributed by atoms with Crippen molar-refractivity contribution < 1.29 is 30.6 Å². The van der Waals surface area contributed by atoms with Crippen LogP contribution in [-0.4, -0.2) is 20.5 Å². The Bertz CT molecular complexity index is 712. The molecular weight excluding hydrogens is 321 g/mol. The van der Waals surface area contributed by atoms with E-state index in [0.717, 1.165) is 0 Å². The molecule has 0 aromatic heterocycles. The number of hydrogen-bond acceptors (Lipinski definition) is 4. The van der Waals surface area contributed by atoms with Gasteiger partial charge in [0, 0.05) is 17.5 Å². The van der Waals surface area contributed by atoms with E-state index in [9.17, 15) is 26.4 Å². The summed E-state index contributed by atoms with van der Waals surface area (Å²) < 4.78 is 68.9. The predicted molar refractivity (Wildman–Crippen MR) is 74.7 cm³/mol. The minimum absolute atomic E-state index is 0.174. The molecule has 0 amide bonds. The van der Waals surface area contributed by atoms with Gasteiger partial charge in [-0.05, 0) is 19.8 Å². The Hall–Kier alpha value is -1.83. The van der Waals surface area contributed by atoms with Crippen LogP contribution in [0, 0.1) is 17.5 Å². The van der Waals surface area contributed by atoms with Crippen LogP contribution in [0.25, 0.3) is 0 Å². The van der Waals surface area contributed by atoms with Gasteiger partial charge < -0.3 is 8.98 Å². The average Bonchev–Trinajstić information content (AvgIpc) is 2.38. The van der Waals surface area contributed by atoms with Gasteiger partial charge in [-0.3, -0.25) is 0 Å². The summed E-state index contributed by atoms with van der Waals surface area (Å²) in [6.07, 6.45) is 1.05. The summed E-state index contributed by atoms with van der Waals surface area (Å²) >= 11 is 0. The summed E-state index contributed by atoms with van der Waals surface area (Å²) in [5.41, 5.74) is -1.08. The lowest BCUT2D eigenvalue weighted by Crippen LogP contribution is -2.14. The third-order valence-corrected chi connectivity index (χ3v) is 3.24. The highest BCUT2D eigenvalue weighted by atomic mass is 32.2. The van der Waals surface area contributed by atoms with E-state index in [1.54, 1.807) is 0 Å². The van der Waals surface area contributed by atoms with Crippen molar-refractivity contribution in [3.8, 4) is 5.75 Å². The van der Waals surface area contributed by atoms with Crippen molar-refractivity contribution in [2.24, 2.45) is 0 Å². The van der Waals surface area contributed by atoms with Crippen molar-refractivity contribution in [3.63, 3.8) is 0 Å². The van der Waals surface area contributed by atoms with Gasteiger partial charge in [0.05, 0.1) is 6.26 Å². The van der Waals surface area contributed by atoms with Crippen LogP contribution in [0.5, 0.6) is 5.75 Å². The van der Waals surface area contributed by atoms with Crippen LogP contribution >= 0.6 is 0 Å². The summed E-state index contributed by atoms with van der Waals surface area (Å²) in [4.78, 5) is 10.9. The summed E-state index contributed by atoms with van der Waals surface area (Å²) in [7, 11) is -4.17. The highest BCUT2D eigenvalue weighted by molar-refractivity contribution is 7.86. The van der Waals surface area contributed by atoms with Gasteiger partial charge in [0.2, 0.25) is 5.82 Å². The molecule has 0 heterocycles. The maximum atomic E-state index is 14.3. The lowest BCUT2D eigenvalue weighted by Gasteiger charge is -2.15. The molecule has 0 bridgehead atoms. The minimum atomic E-state index is -4.17. The first-order valence-electron chi connectivity index (χ1n) is 6.26. The first kappa shape index (κ1) is 18.2. The number of allylic oxidation sites excluding steroid dienone is 1. The fourth-order valence-corrected chi connectivity index (χ4v) is 2.30. The molecule has 4 nitrogen and oxygen atoms in total. The molecule has 1 aromatic carbocycles. The van der Waals surface area contributed by atoms with E-state index < -0.39 is 44.4 Å². The number of benzene rings is 1. The predicted octanol–water partition coefficient (Wildman–Crippen LogP) is 2.69. The standard InChI is InChI=1S/C14H15F3O4S/c1-4-5-10-11(15)9(7-6-8(2)18)12(16)13(17)14(10)21-22(3,19)20/h4H,1,5-7H2,2-3H3. The molecule has 0 radical (unpaired) electrons. The Morgan fingerprint density at radius 1 is 1.18 bits per heavy atom. The molecule has 0 fully saturated rings. The van der Waals surface area contributed by atoms with Crippen molar-refractivity contribution in [1.29, 1.82) is 0 Å². The molecule has 122 valence electrons. The zero-order valence-corrected chi connectivity index (χ0v) is 12.9. The van der Waals surface area contributed by atoms with E-state index in [1.165, 1.54) is 13.0 Å². The second kappa shape index (κ2) is 6.95. The highest BCUT2D eigenvalue weighted by Gasteiger charge is 2.27. The quantitative estimate of drug-likeness (QED) is 0.436. The first-order chi connectivity index (χ1) is 10.1. The number of halogens is 3. The Morgan fingerprint density at radius 3 is 2.23 bits per heavy atom. The molecule has 0 saturated heterocycles. The molecule has 0 aliphatic rings. The van der Waals surface area contributed by atoms with Gasteiger partial charge in [-0.25, -0.2) is 8.78 Å². The number of ketones is 1. The van der Waals surface area contributed by atoms with E-state index in [1.807, 2.05) is 0 Å². The van der Waals surface area contributed by atoms with Gasteiger partial charge >= 0.3 is 10.1 Å². The molecule has 0 N–H and O–H groups in total. The van der Waals surface area contributed by atoms with E-state index in [-0.39, 0.29) is 25.0 Å². The molecule has 22 heavy (non-hydrogen) atoms. The molecule has 0 spiro atoms. The SMILES string of the molecule is C=CCc1c(F)c(CCC(C)=O)c(F)c(F)c1OS(C)(=O)=O. The summed E-state index contributed by atoms with van der Waals surface area (Å²) in [5.74, 6) is -5.66. The Balaban J connectivity index is 3.53. The molecule has 0 aliphatic carbocycles. The largest absolute Gasteiger partial charge is 0.379 e. The van der Waals surface area contributed by atoms with Gasteiger partial charge in [0.15, 0.2) is 11.6 Å². The number of carbonyl (C=O) groups is 1. The monoisotopic (exact) mass is 336 g/mol. The lowest BCUT2D eigenvalue weighted by molar-refractivity contribution is -0.116. The molecular formula is C14H15F3O4S. The van der Waals surface area contributed by atoms with Gasteiger partial charge in [-0.1, -0.05) is 6.08 Å². The van der Waals surface area contributed by atoms with Crippen molar-refractivity contribution in [2.45, 2.75) is 26.2 Å². The number of carbonyl (C=O) groups excluding carboxylic acids is 1. The summed E-state index contributed by atoms with van der Waals surface area (Å²) in [6, 6.07) is 0. The van der Waals surface area contributed by atoms with Crippen LogP contribution in [0.3, 0.4) is 0 Å². The van der Waals surface area contributed by atoms with Gasteiger partial charge in [0.1, 0.15) is 11.6 Å². The molecule has 1 aromatic rings. The van der Waals surface area contributed by atoms with Crippen LogP contribution in [0.2, 0.25) is 0 Å². The van der Waals surface area contributed by atoms with Gasteiger partial charge in [0.25, 0.3) is 0 Å². The van der Waals surface area contributed by atoms with Crippen LogP contribution in [0.15, 0.2) is 12.7 Å². The van der Waals surface area contributed by atoms with Crippen molar-refractivity contribution in [2.75, 3.05) is 6.26 Å². The van der Waals surface area contributed by atoms with E-state index >= 15 is 0 Å². The Labute approximate surface area is 126 Å². The zero-order chi connectivity index (χ0) is 17.1. The average molecular weight is 336 g/mol. The summed E-state index contributed by atoms with van der Waals surface area (Å²) in [6.45, 7) is 4.58. The van der Waals surface area contributed by atoms with E-state index in [4.69, 9.17) is 0 Å². The topological polar surface area (TPSA) is 60.4 Å². The molecule has 1 rings (SSSR count). The maximum absolute atomic E-state index is 14.3. The molecule has 0 unspecified atom stereocenters. The third-order valence-electron chi connectivity index (χ3n) is 2.77. The van der Waals surface area contributed by atoms with Crippen LogP contribution in [0.4, 0.5) is 13.2 Å². The van der Waals surface area contributed by atoms with Gasteiger partial charge in [-0.15, -0.1) is 6.58 Å². The lowest BCUT2D eigenvalue weighted by atomic mass is 10.00. The normalized spacial score (nSPS) is 11.3. The van der Waals surface area contributed by atoms with Crippen molar-refractivity contribution in [3.05, 3.63) is 41.2 Å². The van der Waals surface area contributed by atoms with E-state index in [0.29, 0.717) is 6.26 Å². The van der Waals surface area contributed by atoms with Gasteiger partial charge in [-0.2, -0.15) is 12.8 Å². The number of rotatable bonds is 7. The molecule has 8 heteroatoms. The van der Waals surface area contributed by atoms with Crippen LogP contribution in [-0.2, 0) is 27.8 Å². The Kier molecular flexibility index (Phi) is 5.76. The molecule has 0 saturated carbocycles. The first-order valence-corrected chi connectivity index (χ1v) is 8.08. The van der Waals surface area contributed by atoms with Crippen molar-refractivity contribution >= 4 is 15.9 Å². The van der Waals surface area contributed by atoms with Crippen LogP contribution in [0.1, 0.15) is 24.5 Å². The van der Waals surface area contributed by atoms with Crippen LogP contribution < -0.4 is 4.18 Å².